The van der Waals surface area contributed by atoms with Crippen LogP contribution in [0.4, 0.5) is 4.79 Å². The summed E-state index contributed by atoms with van der Waals surface area (Å²) in [5, 5.41) is 12.6. The molecule has 2 aliphatic rings. The quantitative estimate of drug-likeness (QED) is 0.502. The van der Waals surface area contributed by atoms with Gasteiger partial charge < -0.3 is 24.5 Å². The average Bonchev–Trinajstić information content (AvgIpc) is 3.47. The first-order valence-electron chi connectivity index (χ1n) is 11.9. The summed E-state index contributed by atoms with van der Waals surface area (Å²) in [4.78, 5) is 32.6. The number of aromatic amines is 1. The summed E-state index contributed by atoms with van der Waals surface area (Å²) < 4.78 is 11.3. The number of hydrogen-bond donors (Lipinski definition) is 3. The molecule has 1 aromatic heterocycles. The predicted octanol–water partition coefficient (Wildman–Crippen LogP) is 2.24. The lowest BCUT2D eigenvalue weighted by Gasteiger charge is -2.44. The molecule has 5 rings (SSSR count). The van der Waals surface area contributed by atoms with Gasteiger partial charge in [0.05, 0.1) is 12.6 Å². The van der Waals surface area contributed by atoms with Gasteiger partial charge in [0.25, 0.3) is 5.91 Å². The molecule has 3 aromatic rings. The molecule has 1 saturated heterocycles. The van der Waals surface area contributed by atoms with Crippen molar-refractivity contribution in [1.29, 1.82) is 0 Å². The van der Waals surface area contributed by atoms with Crippen LogP contribution in [0.2, 0.25) is 0 Å². The molecular weight excluding hydrogens is 448 g/mol. The first kappa shape index (κ1) is 23.2. The number of fused-ring (bicyclic) bond motifs is 4. The number of aliphatic hydroxyl groups is 1. The molecule has 9 heteroatoms. The van der Waals surface area contributed by atoms with E-state index in [1.807, 2.05) is 48.5 Å². The van der Waals surface area contributed by atoms with E-state index in [1.54, 1.807) is 12.0 Å². The van der Waals surface area contributed by atoms with E-state index in [-0.39, 0.29) is 0 Å². The molecule has 2 aromatic carbocycles. The number of imide groups is 1. The Morgan fingerprint density at radius 3 is 2.74 bits per heavy atom. The number of nitrogens with zero attached hydrogens (tertiary/aromatic N) is 2. The maximum atomic E-state index is 13.2. The lowest BCUT2D eigenvalue weighted by atomic mass is 9.84. The van der Waals surface area contributed by atoms with Gasteiger partial charge in [-0.15, -0.1) is 0 Å². The molecule has 3 amide bonds. The average molecular weight is 479 g/mol. The molecule has 0 bridgehead atoms. The Morgan fingerprint density at radius 1 is 1.14 bits per heavy atom. The third-order valence-electron chi connectivity index (χ3n) is 7.06. The standard InChI is InChI=1S/C26H30N4O5/c1-34-19-7-8-22-21(15-19)20-9-11-30(25(33)28-23(32)16-31)26(24(20)27-22)10-12-29(17-26)13-14-35-18-5-3-2-4-6-18/h2-8,15,27,31H,9-14,16-17H2,1H3,(H,28,32,33). The number of benzene rings is 2. The minimum absolute atomic E-state index is 0.468. The van der Waals surface area contributed by atoms with Crippen LogP contribution < -0.4 is 14.8 Å². The van der Waals surface area contributed by atoms with Crippen LogP contribution in [0, 0.1) is 0 Å². The number of para-hydroxylation sites is 1. The fraction of sp³-hybridized carbons (Fsp3) is 0.385. The highest BCUT2D eigenvalue weighted by Crippen LogP contribution is 2.45. The van der Waals surface area contributed by atoms with E-state index >= 15 is 0 Å². The second kappa shape index (κ2) is 9.59. The van der Waals surface area contributed by atoms with Gasteiger partial charge in [0.2, 0.25) is 0 Å². The number of aliphatic hydroxyl groups excluding tert-OH is 1. The van der Waals surface area contributed by atoms with Gasteiger partial charge in [-0.05, 0) is 48.7 Å². The maximum Gasteiger partial charge on any atom is 0.324 e. The van der Waals surface area contributed by atoms with Crippen LogP contribution in [-0.2, 0) is 16.8 Å². The van der Waals surface area contributed by atoms with Crippen molar-refractivity contribution in [1.82, 2.24) is 20.1 Å². The molecular formula is C26H30N4O5. The van der Waals surface area contributed by atoms with Gasteiger partial charge in [0, 0.05) is 42.8 Å². The van der Waals surface area contributed by atoms with Gasteiger partial charge in [0.1, 0.15) is 24.7 Å². The molecule has 0 radical (unpaired) electrons. The summed E-state index contributed by atoms with van der Waals surface area (Å²) in [5.74, 6) is 0.908. The first-order valence-corrected chi connectivity index (χ1v) is 11.9. The monoisotopic (exact) mass is 478 g/mol. The number of urea groups is 1. The van der Waals surface area contributed by atoms with E-state index in [2.05, 4.69) is 15.2 Å². The van der Waals surface area contributed by atoms with Crippen molar-refractivity contribution in [2.75, 3.05) is 46.5 Å². The number of likely N-dealkylation sites (tertiary alicyclic amines) is 1. The van der Waals surface area contributed by atoms with Gasteiger partial charge in [0.15, 0.2) is 0 Å². The molecule has 35 heavy (non-hydrogen) atoms. The number of hydrogen-bond acceptors (Lipinski definition) is 6. The van der Waals surface area contributed by atoms with Crippen LogP contribution in [0.1, 0.15) is 17.7 Å². The SMILES string of the molecule is COc1ccc2[nH]c3c(c2c1)CCN(C(=O)NC(=O)CO)C31CCN(CCOc2ccccc2)C1. The van der Waals surface area contributed by atoms with Crippen molar-refractivity contribution in [3.63, 3.8) is 0 Å². The molecule has 1 atom stereocenters. The van der Waals surface area contributed by atoms with Gasteiger partial charge in [-0.2, -0.15) is 0 Å². The highest BCUT2D eigenvalue weighted by Gasteiger charge is 2.51. The lowest BCUT2D eigenvalue weighted by molar-refractivity contribution is -0.123. The number of H-pyrrole nitrogens is 1. The minimum Gasteiger partial charge on any atom is -0.497 e. The Bertz CT molecular complexity index is 1230. The van der Waals surface area contributed by atoms with Crippen LogP contribution >= 0.6 is 0 Å². The first-order chi connectivity index (χ1) is 17.0. The number of rotatable bonds is 6. The summed E-state index contributed by atoms with van der Waals surface area (Å²) in [6, 6.07) is 15.2. The van der Waals surface area contributed by atoms with Crippen molar-refractivity contribution in [2.45, 2.75) is 18.4 Å². The van der Waals surface area contributed by atoms with Crippen molar-refractivity contribution in [2.24, 2.45) is 0 Å². The molecule has 3 N–H and O–H groups in total. The van der Waals surface area contributed by atoms with Crippen molar-refractivity contribution < 1.29 is 24.2 Å². The van der Waals surface area contributed by atoms with E-state index in [0.29, 0.717) is 32.7 Å². The summed E-state index contributed by atoms with van der Waals surface area (Å²) in [5.41, 5.74) is 2.56. The zero-order chi connectivity index (χ0) is 24.4. The number of carbonyl (C=O) groups is 2. The van der Waals surface area contributed by atoms with Crippen LogP contribution in [0.15, 0.2) is 48.5 Å². The van der Waals surface area contributed by atoms with Crippen LogP contribution in [0.25, 0.3) is 10.9 Å². The number of aromatic nitrogens is 1. The molecule has 3 heterocycles. The van der Waals surface area contributed by atoms with E-state index in [1.165, 1.54) is 5.56 Å². The van der Waals surface area contributed by atoms with Crippen molar-refractivity contribution >= 4 is 22.8 Å². The van der Waals surface area contributed by atoms with E-state index in [9.17, 15) is 9.59 Å². The van der Waals surface area contributed by atoms with Crippen LogP contribution in [-0.4, -0.2) is 78.3 Å². The third-order valence-corrected chi connectivity index (χ3v) is 7.06. The van der Waals surface area contributed by atoms with E-state index in [4.69, 9.17) is 14.6 Å². The number of nitrogens with one attached hydrogen (secondary N) is 2. The second-order valence-corrected chi connectivity index (χ2v) is 9.02. The molecule has 184 valence electrons. The van der Waals surface area contributed by atoms with Gasteiger partial charge in [-0.25, -0.2) is 4.79 Å². The van der Waals surface area contributed by atoms with Crippen LogP contribution in [0.3, 0.4) is 0 Å². The third kappa shape index (κ3) is 4.33. The molecule has 1 spiro atoms. The summed E-state index contributed by atoms with van der Waals surface area (Å²) >= 11 is 0. The normalized spacial score (nSPS) is 19.7. The fourth-order valence-electron chi connectivity index (χ4n) is 5.40. The molecule has 1 fully saturated rings. The predicted molar refractivity (Wildman–Crippen MR) is 131 cm³/mol. The maximum absolute atomic E-state index is 13.2. The Kier molecular flexibility index (Phi) is 6.36. The summed E-state index contributed by atoms with van der Waals surface area (Å²) in [6.45, 7) is 2.39. The Labute approximate surface area is 203 Å². The molecule has 0 saturated carbocycles. The van der Waals surface area contributed by atoms with E-state index in [0.717, 1.165) is 41.1 Å². The Hall–Kier alpha value is -3.56. The Morgan fingerprint density at radius 2 is 1.97 bits per heavy atom. The smallest absolute Gasteiger partial charge is 0.324 e. The molecule has 9 nitrogen and oxygen atoms in total. The second-order valence-electron chi connectivity index (χ2n) is 9.02. The summed E-state index contributed by atoms with van der Waals surface area (Å²) in [7, 11) is 1.65. The molecule has 0 aliphatic carbocycles. The fourth-order valence-corrected chi connectivity index (χ4v) is 5.40. The van der Waals surface area contributed by atoms with E-state index < -0.39 is 24.1 Å². The highest BCUT2D eigenvalue weighted by atomic mass is 16.5. The van der Waals surface area contributed by atoms with Gasteiger partial charge in [-0.3, -0.25) is 15.0 Å². The van der Waals surface area contributed by atoms with Gasteiger partial charge in [-0.1, -0.05) is 18.2 Å². The number of methoxy groups -OCH3 is 1. The zero-order valence-corrected chi connectivity index (χ0v) is 19.8. The number of ether oxygens (including phenoxy) is 2. The lowest BCUT2D eigenvalue weighted by Crippen LogP contribution is -2.58. The number of carbonyl (C=O) groups excluding carboxylic acids is 2. The minimum atomic E-state index is -0.729. The zero-order valence-electron chi connectivity index (χ0n) is 19.8. The number of amides is 3. The van der Waals surface area contributed by atoms with Crippen molar-refractivity contribution in [3.8, 4) is 11.5 Å². The molecule has 2 aliphatic heterocycles. The molecule has 1 unspecified atom stereocenters. The van der Waals surface area contributed by atoms with Gasteiger partial charge >= 0.3 is 6.03 Å². The Balaban J connectivity index is 1.44. The van der Waals surface area contributed by atoms with Crippen LogP contribution in [0.5, 0.6) is 11.5 Å². The topological polar surface area (TPSA) is 107 Å². The van der Waals surface area contributed by atoms with Crippen molar-refractivity contribution in [3.05, 3.63) is 59.8 Å². The largest absolute Gasteiger partial charge is 0.497 e. The summed E-state index contributed by atoms with van der Waals surface area (Å²) in [6.07, 6.45) is 1.37. The highest BCUT2D eigenvalue weighted by molar-refractivity contribution is 5.96.